The molecule has 5 fully saturated rings. The van der Waals surface area contributed by atoms with Gasteiger partial charge in [-0.15, -0.1) is 0 Å². The van der Waals surface area contributed by atoms with E-state index in [1.807, 2.05) is 6.92 Å². The van der Waals surface area contributed by atoms with Crippen LogP contribution in [0.1, 0.15) is 65.2 Å². The zero-order chi connectivity index (χ0) is 28.8. The van der Waals surface area contributed by atoms with Gasteiger partial charge in [0.05, 0.1) is 34.9 Å². The molecule has 1 saturated heterocycles. The van der Waals surface area contributed by atoms with Gasteiger partial charge in [0.25, 0.3) is 0 Å². The molecule has 40 heavy (non-hydrogen) atoms. The predicted octanol–water partition coefficient (Wildman–Crippen LogP) is -0.279. The molecule has 0 aromatic rings. The minimum Gasteiger partial charge on any atom is -0.458 e. The van der Waals surface area contributed by atoms with Crippen molar-refractivity contribution in [1.82, 2.24) is 0 Å². The topological polar surface area (TPSA) is 183 Å². The van der Waals surface area contributed by atoms with Gasteiger partial charge in [-0.05, 0) is 75.2 Å². The van der Waals surface area contributed by atoms with E-state index < -0.39 is 76.8 Å². The van der Waals surface area contributed by atoms with Crippen molar-refractivity contribution in [3.63, 3.8) is 0 Å². The summed E-state index contributed by atoms with van der Waals surface area (Å²) in [4.78, 5) is 24.8. The first kappa shape index (κ1) is 28.7. The molecule has 4 saturated carbocycles. The number of aliphatic hydroxyl groups excluding tert-OH is 4. The minimum atomic E-state index is -1.47. The Morgan fingerprint density at radius 1 is 1.00 bits per heavy atom. The Hall–Kier alpha value is -1.44. The maximum absolute atomic E-state index is 13.0. The van der Waals surface area contributed by atoms with Gasteiger partial charge in [-0.1, -0.05) is 6.92 Å². The van der Waals surface area contributed by atoms with E-state index in [0.717, 1.165) is 11.9 Å². The lowest BCUT2D eigenvalue weighted by Gasteiger charge is -2.66. The van der Waals surface area contributed by atoms with E-state index in [1.165, 1.54) is 6.08 Å². The van der Waals surface area contributed by atoms with Crippen LogP contribution in [-0.2, 0) is 23.8 Å². The van der Waals surface area contributed by atoms with Crippen LogP contribution in [0.5, 0.6) is 0 Å². The summed E-state index contributed by atoms with van der Waals surface area (Å²) in [6, 6.07) is 0. The van der Waals surface area contributed by atoms with Crippen LogP contribution in [0.4, 0.5) is 0 Å². The van der Waals surface area contributed by atoms with Crippen molar-refractivity contribution in [2.45, 2.75) is 119 Å². The molecule has 0 aromatic carbocycles. The lowest BCUT2D eigenvalue weighted by Crippen LogP contribution is -2.71. The average Bonchev–Trinajstić information content (AvgIpc) is 3.46. The van der Waals surface area contributed by atoms with Gasteiger partial charge < -0.3 is 49.6 Å². The van der Waals surface area contributed by atoms with Gasteiger partial charge in [-0.3, -0.25) is 0 Å². The average molecular weight is 567 g/mol. The Balaban J connectivity index is 1.25. The number of aldehydes is 1. The summed E-state index contributed by atoms with van der Waals surface area (Å²) in [5.41, 5.74) is -4.09. The van der Waals surface area contributed by atoms with Gasteiger partial charge in [0, 0.05) is 17.9 Å². The summed E-state index contributed by atoms with van der Waals surface area (Å²) in [5.74, 6) is -1.42. The Morgan fingerprint density at radius 2 is 1.75 bits per heavy atom. The van der Waals surface area contributed by atoms with Crippen LogP contribution in [-0.4, -0.2) is 104 Å². The Labute approximate surface area is 233 Å². The molecule has 6 aliphatic rings. The third-order valence-corrected chi connectivity index (χ3v) is 12.1. The predicted molar refractivity (Wildman–Crippen MR) is 136 cm³/mol. The molecule has 4 aliphatic carbocycles. The Kier molecular flexibility index (Phi) is 6.83. The molecule has 14 atom stereocenters. The van der Waals surface area contributed by atoms with Crippen LogP contribution in [0.25, 0.3) is 0 Å². The van der Waals surface area contributed by atoms with Crippen LogP contribution < -0.4 is 0 Å². The lowest BCUT2D eigenvalue weighted by atomic mass is 9.41. The second-order valence-electron chi connectivity index (χ2n) is 13.5. The number of carbonyl (C=O) groups excluding carboxylic acids is 2. The van der Waals surface area contributed by atoms with Crippen molar-refractivity contribution in [3.8, 4) is 0 Å². The number of carbonyl (C=O) groups is 2. The van der Waals surface area contributed by atoms with E-state index >= 15 is 0 Å². The van der Waals surface area contributed by atoms with Crippen molar-refractivity contribution >= 4 is 12.3 Å². The van der Waals surface area contributed by atoms with Gasteiger partial charge in [-0.2, -0.15) is 0 Å². The first-order chi connectivity index (χ1) is 18.8. The molecule has 6 rings (SSSR count). The molecule has 0 spiro atoms. The highest BCUT2D eigenvalue weighted by Crippen LogP contribution is 2.70. The zero-order valence-electron chi connectivity index (χ0n) is 23.0. The fourth-order valence-electron chi connectivity index (χ4n) is 9.74. The van der Waals surface area contributed by atoms with Gasteiger partial charge >= 0.3 is 5.97 Å². The molecule has 14 unspecified atom stereocenters. The number of esters is 1. The number of cyclic esters (lactones) is 1. The van der Waals surface area contributed by atoms with Gasteiger partial charge in [-0.25, -0.2) is 4.79 Å². The summed E-state index contributed by atoms with van der Waals surface area (Å²) in [6.07, 6.45) is -2.70. The lowest BCUT2D eigenvalue weighted by molar-refractivity contribution is -0.319. The quantitative estimate of drug-likeness (QED) is 0.149. The molecule has 2 heterocycles. The van der Waals surface area contributed by atoms with Crippen molar-refractivity contribution < 1.29 is 54.4 Å². The summed E-state index contributed by atoms with van der Waals surface area (Å²) in [5, 5.41) is 66.7. The Bertz CT molecular complexity index is 1080. The normalized spacial score (nSPS) is 56.0. The molecule has 11 nitrogen and oxygen atoms in total. The van der Waals surface area contributed by atoms with Crippen molar-refractivity contribution in [2.24, 2.45) is 28.6 Å². The van der Waals surface area contributed by atoms with Crippen LogP contribution in [0.2, 0.25) is 0 Å². The largest absolute Gasteiger partial charge is 0.458 e. The van der Waals surface area contributed by atoms with E-state index in [0.29, 0.717) is 25.7 Å². The second kappa shape index (κ2) is 9.54. The molecule has 11 heteroatoms. The van der Waals surface area contributed by atoms with Crippen molar-refractivity contribution in [2.75, 3.05) is 6.61 Å². The summed E-state index contributed by atoms with van der Waals surface area (Å²) in [6.45, 7) is 3.61. The van der Waals surface area contributed by atoms with E-state index in [2.05, 4.69) is 0 Å². The maximum Gasteiger partial charge on any atom is 0.331 e. The third kappa shape index (κ3) is 3.71. The minimum absolute atomic E-state index is 0.0926. The highest BCUT2D eigenvalue weighted by atomic mass is 16.7. The zero-order valence-corrected chi connectivity index (χ0v) is 23.0. The number of rotatable bonds is 4. The molecule has 224 valence electrons. The molecular formula is C29H42O11. The van der Waals surface area contributed by atoms with Crippen LogP contribution >= 0.6 is 0 Å². The smallest absolute Gasteiger partial charge is 0.331 e. The standard InChI is InChI=1S/C29H42O11/c1-14-22(33)23(34)24(35)25(39-14)40-16-3-6-27(13-30)19-10-20(31)26(2)17(15-9-21(32)38-12-15)5-8-29(26,37)18(19)4-7-28(27,36)11-16/h9,13-14,16-20,22-25,31,33-37H,3-8,10-12H2,1-2H3. The first-order valence-electron chi connectivity index (χ1n) is 14.6. The number of hydrogen-bond acceptors (Lipinski definition) is 11. The highest BCUT2D eigenvalue weighted by Gasteiger charge is 2.74. The number of fused-ring (bicyclic) bond motifs is 5. The van der Waals surface area contributed by atoms with E-state index in [1.54, 1.807) is 6.92 Å². The SMILES string of the molecule is CC1OC(OC2CCC3(C=O)C4CC(O)C5(C)C(C6=CC(=O)OC6)CCC5(O)C4CCC3(O)C2)C(O)C(O)C1O. The Morgan fingerprint density at radius 3 is 2.42 bits per heavy atom. The third-order valence-electron chi connectivity index (χ3n) is 12.1. The monoisotopic (exact) mass is 566 g/mol. The van der Waals surface area contributed by atoms with E-state index in [4.69, 9.17) is 14.2 Å². The molecule has 6 N–H and O–H groups in total. The first-order valence-corrected chi connectivity index (χ1v) is 14.6. The fraction of sp³-hybridized carbons (Fsp3) is 0.862. The number of hydrogen-bond donors (Lipinski definition) is 6. The van der Waals surface area contributed by atoms with Crippen molar-refractivity contribution in [1.29, 1.82) is 0 Å². The second-order valence-corrected chi connectivity index (χ2v) is 13.5. The van der Waals surface area contributed by atoms with Crippen LogP contribution in [0, 0.1) is 28.6 Å². The van der Waals surface area contributed by atoms with E-state index in [9.17, 15) is 40.2 Å². The van der Waals surface area contributed by atoms with Crippen molar-refractivity contribution in [3.05, 3.63) is 11.6 Å². The van der Waals surface area contributed by atoms with Gasteiger partial charge in [0.1, 0.15) is 31.2 Å². The van der Waals surface area contributed by atoms with Gasteiger partial charge in [0.15, 0.2) is 6.29 Å². The molecule has 0 radical (unpaired) electrons. The maximum atomic E-state index is 13.0. The molecule has 2 aliphatic heterocycles. The molecule has 0 aromatic heterocycles. The number of ether oxygens (including phenoxy) is 3. The summed E-state index contributed by atoms with van der Waals surface area (Å²) in [7, 11) is 0. The van der Waals surface area contributed by atoms with Crippen LogP contribution in [0.3, 0.4) is 0 Å². The highest BCUT2D eigenvalue weighted by molar-refractivity contribution is 5.85. The fourth-order valence-corrected chi connectivity index (χ4v) is 9.74. The number of aliphatic hydroxyl groups is 6. The van der Waals surface area contributed by atoms with Gasteiger partial charge in [0.2, 0.25) is 0 Å². The molecule has 0 amide bonds. The summed E-state index contributed by atoms with van der Waals surface area (Å²) >= 11 is 0. The van der Waals surface area contributed by atoms with Crippen LogP contribution in [0.15, 0.2) is 11.6 Å². The van der Waals surface area contributed by atoms with E-state index in [-0.39, 0.29) is 44.1 Å². The molecular weight excluding hydrogens is 524 g/mol. The molecule has 0 bridgehead atoms. The summed E-state index contributed by atoms with van der Waals surface area (Å²) < 4.78 is 16.8.